The van der Waals surface area contributed by atoms with Gasteiger partial charge < -0.3 is 0 Å². The minimum absolute atomic E-state index is 0.0500. The fourth-order valence-corrected chi connectivity index (χ4v) is 3.30. The Hall–Kier alpha value is -1.94. The molecular formula is C18H14BF2S. The van der Waals surface area contributed by atoms with Gasteiger partial charge in [0.2, 0.25) is 0 Å². The highest BCUT2D eigenvalue weighted by Gasteiger charge is 2.15. The Labute approximate surface area is 133 Å². The van der Waals surface area contributed by atoms with E-state index in [9.17, 15) is 8.78 Å². The molecule has 0 nitrogen and oxygen atoms in total. The second kappa shape index (κ2) is 6.05. The second-order valence-electron chi connectivity index (χ2n) is 5.17. The molecule has 3 aromatic rings. The zero-order valence-electron chi connectivity index (χ0n) is 12.4. The quantitative estimate of drug-likeness (QED) is 0.594. The van der Waals surface area contributed by atoms with Crippen molar-refractivity contribution in [2.24, 2.45) is 0 Å². The Kier molecular flexibility index (Phi) is 4.12. The lowest BCUT2D eigenvalue weighted by molar-refractivity contribution is 0.591. The first kappa shape index (κ1) is 15.0. The molecule has 3 rings (SSSR count). The van der Waals surface area contributed by atoms with Crippen LogP contribution >= 0.6 is 11.3 Å². The third-order valence-corrected chi connectivity index (χ3v) is 4.75. The molecule has 4 heteroatoms. The van der Waals surface area contributed by atoms with Crippen LogP contribution in [0, 0.1) is 18.6 Å². The van der Waals surface area contributed by atoms with E-state index in [1.807, 2.05) is 51.4 Å². The average molecular weight is 311 g/mol. The number of hydrogen-bond donors (Lipinski definition) is 0. The van der Waals surface area contributed by atoms with Crippen LogP contribution < -0.4 is 4.78 Å². The summed E-state index contributed by atoms with van der Waals surface area (Å²) in [7, 11) is 1.92. The van der Waals surface area contributed by atoms with E-state index >= 15 is 0 Å². The average Bonchev–Trinajstić information content (AvgIpc) is 2.96. The first-order valence-electron chi connectivity index (χ1n) is 7.04. The Bertz CT molecular complexity index is 783. The van der Waals surface area contributed by atoms with Crippen LogP contribution in [-0.4, -0.2) is 7.28 Å². The van der Waals surface area contributed by atoms with E-state index < -0.39 is 11.6 Å². The van der Waals surface area contributed by atoms with Crippen LogP contribution in [-0.2, 0) is 0 Å². The summed E-state index contributed by atoms with van der Waals surface area (Å²) >= 11 is 1.38. The topological polar surface area (TPSA) is 0 Å². The molecule has 0 unspecified atom stereocenters. The van der Waals surface area contributed by atoms with Crippen LogP contribution in [0.2, 0.25) is 6.82 Å². The molecule has 22 heavy (non-hydrogen) atoms. The van der Waals surface area contributed by atoms with E-state index in [0.29, 0.717) is 10.4 Å². The van der Waals surface area contributed by atoms with Gasteiger partial charge in [-0.15, -0.1) is 0 Å². The predicted molar refractivity (Wildman–Crippen MR) is 91.1 cm³/mol. The van der Waals surface area contributed by atoms with Crippen LogP contribution in [0.1, 0.15) is 5.56 Å². The molecule has 0 saturated heterocycles. The Morgan fingerprint density at radius 3 is 2.05 bits per heavy atom. The van der Waals surface area contributed by atoms with Gasteiger partial charge in [-0.1, -0.05) is 42.7 Å². The van der Waals surface area contributed by atoms with Gasteiger partial charge in [-0.05, 0) is 41.0 Å². The lowest BCUT2D eigenvalue weighted by Crippen LogP contribution is -2.01. The van der Waals surface area contributed by atoms with E-state index in [0.717, 1.165) is 15.9 Å². The van der Waals surface area contributed by atoms with E-state index in [2.05, 4.69) is 0 Å². The highest BCUT2D eigenvalue weighted by Crippen LogP contribution is 2.33. The normalized spacial score (nSPS) is 10.7. The van der Waals surface area contributed by atoms with Gasteiger partial charge in [0.05, 0.1) is 5.56 Å². The maximum Gasteiger partial charge on any atom is 0.162 e. The van der Waals surface area contributed by atoms with Gasteiger partial charge in [-0.2, -0.15) is 11.3 Å². The Balaban J connectivity index is 2.06. The van der Waals surface area contributed by atoms with E-state index in [1.165, 1.54) is 23.5 Å². The van der Waals surface area contributed by atoms with Crippen molar-refractivity contribution in [3.05, 3.63) is 65.7 Å². The van der Waals surface area contributed by atoms with Gasteiger partial charge in [0.25, 0.3) is 0 Å². The highest BCUT2D eigenvalue weighted by molar-refractivity contribution is 7.24. The minimum Gasteiger partial charge on any atom is -0.206 e. The highest BCUT2D eigenvalue weighted by atomic mass is 32.1. The van der Waals surface area contributed by atoms with E-state index in [4.69, 9.17) is 0 Å². The monoisotopic (exact) mass is 311 g/mol. The fraction of sp³-hybridized carbons (Fsp3) is 0.111. The van der Waals surface area contributed by atoms with Crippen molar-refractivity contribution >= 4 is 23.4 Å². The second-order valence-corrected chi connectivity index (χ2v) is 6.29. The van der Waals surface area contributed by atoms with Crippen molar-refractivity contribution in [3.8, 4) is 21.6 Å². The lowest BCUT2D eigenvalue weighted by Gasteiger charge is -2.08. The summed E-state index contributed by atoms with van der Waals surface area (Å²) in [4.78, 5) is 0.610. The molecule has 0 fully saturated rings. The molecule has 0 atom stereocenters. The largest absolute Gasteiger partial charge is 0.206 e. The predicted octanol–water partition coefficient (Wildman–Crippen LogP) is 5.05. The van der Waals surface area contributed by atoms with Crippen LogP contribution in [0.25, 0.3) is 21.6 Å². The summed E-state index contributed by atoms with van der Waals surface area (Å²) < 4.78 is 29.9. The number of halogens is 2. The third-order valence-electron chi connectivity index (χ3n) is 3.58. The molecule has 0 bridgehead atoms. The maximum atomic E-state index is 14.4. The first-order valence-corrected chi connectivity index (χ1v) is 7.86. The molecule has 1 aromatic heterocycles. The molecular weight excluding hydrogens is 297 g/mol. The zero-order valence-corrected chi connectivity index (χ0v) is 13.2. The summed E-state index contributed by atoms with van der Waals surface area (Å²) in [6.07, 6.45) is 0. The summed E-state index contributed by atoms with van der Waals surface area (Å²) in [5.41, 5.74) is 2.53. The lowest BCUT2D eigenvalue weighted by atomic mass is 9.81. The SMILES string of the molecule is C[B]c1ccc(-c2c(F)cc(-c3ccc(C)cc3)cc2F)s1. The zero-order chi connectivity index (χ0) is 15.7. The Morgan fingerprint density at radius 1 is 0.864 bits per heavy atom. The molecule has 0 spiro atoms. The van der Waals surface area contributed by atoms with Gasteiger partial charge in [0.1, 0.15) is 11.6 Å². The van der Waals surface area contributed by atoms with Gasteiger partial charge in [-0.25, -0.2) is 8.78 Å². The van der Waals surface area contributed by atoms with Crippen molar-refractivity contribution in [1.29, 1.82) is 0 Å². The number of benzene rings is 2. The third kappa shape index (κ3) is 2.84. The van der Waals surface area contributed by atoms with Crippen molar-refractivity contribution in [1.82, 2.24) is 0 Å². The summed E-state index contributed by atoms with van der Waals surface area (Å²) in [5.74, 6) is -1.06. The minimum atomic E-state index is -0.528. The van der Waals surface area contributed by atoms with Gasteiger partial charge in [-0.3, -0.25) is 0 Å². The number of aryl methyl sites for hydroxylation is 1. The van der Waals surface area contributed by atoms with Crippen LogP contribution in [0.15, 0.2) is 48.5 Å². The molecule has 0 N–H and O–H groups in total. The van der Waals surface area contributed by atoms with Crippen LogP contribution in [0.4, 0.5) is 8.78 Å². The number of hydrogen-bond acceptors (Lipinski definition) is 1. The Morgan fingerprint density at radius 2 is 1.50 bits per heavy atom. The van der Waals surface area contributed by atoms with Gasteiger partial charge >= 0.3 is 0 Å². The molecule has 0 aliphatic heterocycles. The van der Waals surface area contributed by atoms with Crippen molar-refractivity contribution in [2.45, 2.75) is 13.7 Å². The van der Waals surface area contributed by atoms with Crippen LogP contribution in [0.5, 0.6) is 0 Å². The van der Waals surface area contributed by atoms with Crippen molar-refractivity contribution < 1.29 is 8.78 Å². The molecule has 109 valence electrons. The summed E-state index contributed by atoms with van der Waals surface area (Å²) in [6, 6.07) is 14.0. The summed E-state index contributed by atoms with van der Waals surface area (Å²) in [5, 5.41) is 0. The molecule has 1 heterocycles. The molecule has 0 saturated carbocycles. The number of thiophene rings is 1. The molecule has 0 aliphatic rings. The van der Waals surface area contributed by atoms with Crippen molar-refractivity contribution in [3.63, 3.8) is 0 Å². The molecule has 2 aromatic carbocycles. The summed E-state index contributed by atoms with van der Waals surface area (Å²) in [6.45, 7) is 3.88. The van der Waals surface area contributed by atoms with Crippen molar-refractivity contribution in [2.75, 3.05) is 0 Å². The van der Waals surface area contributed by atoms with Crippen LogP contribution in [0.3, 0.4) is 0 Å². The molecule has 0 aliphatic carbocycles. The van der Waals surface area contributed by atoms with E-state index in [-0.39, 0.29) is 5.56 Å². The molecule has 1 radical (unpaired) electrons. The van der Waals surface area contributed by atoms with Gasteiger partial charge in [0, 0.05) is 4.88 Å². The smallest absolute Gasteiger partial charge is 0.162 e. The van der Waals surface area contributed by atoms with Gasteiger partial charge in [0.15, 0.2) is 7.28 Å². The number of rotatable bonds is 3. The maximum absolute atomic E-state index is 14.4. The fourth-order valence-electron chi connectivity index (χ4n) is 2.36. The standard InChI is InChI=1S/C18H14BF2S/c1-11-3-5-12(6-4-11)13-9-14(20)18(15(21)10-13)16-7-8-17(19-2)22-16/h3-10H,1-2H3. The molecule has 0 amide bonds. The first-order chi connectivity index (χ1) is 10.6. The van der Waals surface area contributed by atoms with E-state index in [1.54, 1.807) is 6.07 Å².